The SMILES string of the molecule is CCCC(=O)O/N=C(\c1ccc2c(c1)C(CCC)(CCC)c1cc([N+](=O)[O-])ccc1-2)C1CCC(C)CC1. The minimum atomic E-state index is -0.295. The van der Waals surface area contributed by atoms with Gasteiger partial charge in [0.15, 0.2) is 0 Å². The molecule has 1 fully saturated rings. The van der Waals surface area contributed by atoms with E-state index in [2.05, 4.69) is 44.1 Å². The summed E-state index contributed by atoms with van der Waals surface area (Å²) >= 11 is 0. The second kappa shape index (κ2) is 11.6. The van der Waals surface area contributed by atoms with Crippen LogP contribution in [-0.4, -0.2) is 16.6 Å². The molecule has 0 aromatic heterocycles. The lowest BCUT2D eigenvalue weighted by Crippen LogP contribution is -2.26. The number of hydrogen-bond donors (Lipinski definition) is 0. The first-order chi connectivity index (χ1) is 17.8. The van der Waals surface area contributed by atoms with Gasteiger partial charge in [-0.3, -0.25) is 10.1 Å². The fourth-order valence-corrected chi connectivity index (χ4v) is 6.52. The molecule has 6 nitrogen and oxygen atoms in total. The third kappa shape index (κ3) is 5.34. The number of nitrogens with zero attached hydrogens (tertiary/aromatic N) is 2. The zero-order chi connectivity index (χ0) is 26.6. The van der Waals surface area contributed by atoms with E-state index < -0.39 is 0 Å². The Bertz CT molecular complexity index is 1170. The second-order valence-corrected chi connectivity index (χ2v) is 11.0. The van der Waals surface area contributed by atoms with Crippen LogP contribution in [0.3, 0.4) is 0 Å². The molecule has 37 heavy (non-hydrogen) atoms. The molecule has 0 N–H and O–H groups in total. The van der Waals surface area contributed by atoms with Crippen LogP contribution in [0, 0.1) is 22.0 Å². The molecule has 2 aromatic rings. The fraction of sp³-hybridized carbons (Fsp3) is 0.548. The summed E-state index contributed by atoms with van der Waals surface area (Å²) in [6, 6.07) is 11.8. The molecular weight excluding hydrogens is 464 g/mol. The third-order valence-corrected chi connectivity index (χ3v) is 8.31. The van der Waals surface area contributed by atoms with Crippen molar-refractivity contribution in [3.8, 4) is 11.1 Å². The smallest absolute Gasteiger partial charge is 0.318 e. The average molecular weight is 505 g/mol. The zero-order valence-corrected chi connectivity index (χ0v) is 22.7. The van der Waals surface area contributed by atoms with Crippen molar-refractivity contribution >= 4 is 17.4 Å². The monoisotopic (exact) mass is 504 g/mol. The van der Waals surface area contributed by atoms with Crippen molar-refractivity contribution in [2.45, 2.75) is 97.3 Å². The lowest BCUT2D eigenvalue weighted by molar-refractivity contribution is -0.384. The number of carbonyl (C=O) groups excluding carboxylic acids is 1. The van der Waals surface area contributed by atoms with Gasteiger partial charge in [-0.25, -0.2) is 4.79 Å². The van der Waals surface area contributed by atoms with E-state index in [-0.39, 0.29) is 27.9 Å². The van der Waals surface area contributed by atoms with Gasteiger partial charge in [0.2, 0.25) is 0 Å². The van der Waals surface area contributed by atoms with Gasteiger partial charge in [0.25, 0.3) is 5.69 Å². The normalized spacial score (nSPS) is 20.3. The second-order valence-electron chi connectivity index (χ2n) is 11.0. The molecule has 0 amide bonds. The number of hydrogen-bond acceptors (Lipinski definition) is 5. The van der Waals surface area contributed by atoms with Crippen LogP contribution in [0.4, 0.5) is 5.69 Å². The highest BCUT2D eigenvalue weighted by molar-refractivity contribution is 6.03. The number of nitro benzene ring substituents is 1. The van der Waals surface area contributed by atoms with Crippen molar-refractivity contribution in [1.82, 2.24) is 0 Å². The summed E-state index contributed by atoms with van der Waals surface area (Å²) in [6.07, 6.45) is 9.22. The predicted molar refractivity (Wildman–Crippen MR) is 148 cm³/mol. The summed E-state index contributed by atoms with van der Waals surface area (Å²) in [5.41, 5.74) is 6.26. The molecule has 0 bridgehead atoms. The summed E-state index contributed by atoms with van der Waals surface area (Å²) in [4.78, 5) is 29.0. The summed E-state index contributed by atoms with van der Waals surface area (Å²) in [5, 5.41) is 16.2. The van der Waals surface area contributed by atoms with Crippen molar-refractivity contribution in [3.63, 3.8) is 0 Å². The largest absolute Gasteiger partial charge is 0.335 e. The number of benzene rings is 2. The third-order valence-electron chi connectivity index (χ3n) is 8.31. The molecule has 0 spiro atoms. The number of non-ortho nitro benzene ring substituents is 1. The van der Waals surface area contributed by atoms with Crippen LogP contribution >= 0.6 is 0 Å². The van der Waals surface area contributed by atoms with Crippen LogP contribution in [0.1, 0.15) is 109 Å². The van der Waals surface area contributed by atoms with Gasteiger partial charge in [-0.05, 0) is 78.0 Å². The first kappa shape index (κ1) is 27.0. The Balaban J connectivity index is 1.84. The molecule has 0 unspecified atom stereocenters. The quantitative estimate of drug-likeness (QED) is 0.141. The summed E-state index contributed by atoms with van der Waals surface area (Å²) in [6.45, 7) is 8.61. The molecule has 0 heterocycles. The Hall–Kier alpha value is -3.02. The lowest BCUT2D eigenvalue weighted by atomic mass is 9.71. The highest BCUT2D eigenvalue weighted by atomic mass is 16.7. The maximum Gasteiger partial charge on any atom is 0.335 e. The lowest BCUT2D eigenvalue weighted by Gasteiger charge is -2.32. The number of rotatable bonds is 10. The fourth-order valence-electron chi connectivity index (χ4n) is 6.52. The van der Waals surface area contributed by atoms with Crippen LogP contribution in [0.5, 0.6) is 0 Å². The van der Waals surface area contributed by atoms with E-state index in [1.54, 1.807) is 12.1 Å². The molecule has 2 aliphatic rings. The van der Waals surface area contributed by atoms with Crippen molar-refractivity contribution in [3.05, 3.63) is 63.2 Å². The first-order valence-electron chi connectivity index (χ1n) is 14.1. The van der Waals surface area contributed by atoms with E-state index >= 15 is 0 Å². The van der Waals surface area contributed by atoms with Gasteiger partial charge in [-0.15, -0.1) is 0 Å². The average Bonchev–Trinajstić information content (AvgIpc) is 3.14. The van der Waals surface area contributed by atoms with Gasteiger partial charge in [0.1, 0.15) is 0 Å². The Morgan fingerprint density at radius 2 is 1.59 bits per heavy atom. The van der Waals surface area contributed by atoms with E-state index in [0.717, 1.165) is 85.8 Å². The molecule has 4 rings (SSSR count). The molecule has 2 aromatic carbocycles. The maximum absolute atomic E-state index is 12.2. The molecule has 1 saturated carbocycles. The molecule has 0 radical (unpaired) electrons. The van der Waals surface area contributed by atoms with Crippen LogP contribution in [-0.2, 0) is 15.0 Å². The molecule has 2 aliphatic carbocycles. The standard InChI is InChI=1S/C31H40N2O4/c1-5-8-29(34)37-32-30(22-11-9-21(4)10-12-22)23-13-15-25-26-16-14-24(33(35)36)20-28(26)31(17-6-2,18-7-3)27(25)19-23/h13-16,19-22H,5-12,17-18H2,1-4H3/b32-30-. The highest BCUT2D eigenvalue weighted by Crippen LogP contribution is 2.55. The van der Waals surface area contributed by atoms with E-state index in [1.807, 2.05) is 13.0 Å². The van der Waals surface area contributed by atoms with Gasteiger partial charge in [-0.2, -0.15) is 0 Å². The van der Waals surface area contributed by atoms with Gasteiger partial charge in [0.05, 0.1) is 10.6 Å². The Morgan fingerprint density at radius 1 is 0.973 bits per heavy atom. The van der Waals surface area contributed by atoms with Crippen LogP contribution in [0.15, 0.2) is 41.6 Å². The Kier molecular flexibility index (Phi) is 8.46. The molecule has 6 heteroatoms. The Labute approximate surface area is 220 Å². The molecule has 0 aliphatic heterocycles. The van der Waals surface area contributed by atoms with Gasteiger partial charge in [-0.1, -0.05) is 70.7 Å². The van der Waals surface area contributed by atoms with Crippen molar-refractivity contribution < 1.29 is 14.6 Å². The van der Waals surface area contributed by atoms with Gasteiger partial charge in [0, 0.05) is 29.9 Å². The summed E-state index contributed by atoms with van der Waals surface area (Å²) < 4.78 is 0. The number of fused-ring (bicyclic) bond motifs is 3. The van der Waals surface area contributed by atoms with Crippen LogP contribution < -0.4 is 0 Å². The first-order valence-corrected chi connectivity index (χ1v) is 14.1. The van der Waals surface area contributed by atoms with Crippen LogP contribution in [0.2, 0.25) is 0 Å². The van der Waals surface area contributed by atoms with E-state index in [4.69, 9.17) is 4.84 Å². The molecule has 198 valence electrons. The molecular formula is C31H40N2O4. The molecule has 0 atom stereocenters. The minimum Gasteiger partial charge on any atom is -0.318 e. The van der Waals surface area contributed by atoms with Crippen molar-refractivity contribution in [2.75, 3.05) is 0 Å². The van der Waals surface area contributed by atoms with E-state index in [9.17, 15) is 14.9 Å². The molecule has 0 saturated heterocycles. The van der Waals surface area contributed by atoms with E-state index in [1.165, 1.54) is 5.56 Å². The van der Waals surface area contributed by atoms with Crippen molar-refractivity contribution in [1.29, 1.82) is 0 Å². The van der Waals surface area contributed by atoms with Crippen molar-refractivity contribution in [2.24, 2.45) is 17.0 Å². The van der Waals surface area contributed by atoms with E-state index in [0.29, 0.717) is 12.3 Å². The number of oxime groups is 1. The maximum atomic E-state index is 12.2. The van der Waals surface area contributed by atoms with Gasteiger partial charge < -0.3 is 4.84 Å². The number of nitro groups is 1. The number of carbonyl (C=O) groups is 1. The predicted octanol–water partition coefficient (Wildman–Crippen LogP) is 8.34. The highest BCUT2D eigenvalue weighted by Gasteiger charge is 2.43. The van der Waals surface area contributed by atoms with Crippen LogP contribution in [0.25, 0.3) is 11.1 Å². The minimum absolute atomic E-state index is 0.143. The Morgan fingerprint density at radius 3 is 2.19 bits per heavy atom. The topological polar surface area (TPSA) is 81.8 Å². The summed E-state index contributed by atoms with van der Waals surface area (Å²) in [5.74, 6) is 0.656. The van der Waals surface area contributed by atoms with Gasteiger partial charge >= 0.3 is 5.97 Å². The summed E-state index contributed by atoms with van der Waals surface area (Å²) in [7, 11) is 0. The zero-order valence-electron chi connectivity index (χ0n) is 22.7.